The fraction of sp³-hybridized carbons (Fsp3) is 0.182. The zero-order valence-electron chi connectivity index (χ0n) is 10.4. The Balaban J connectivity index is 2.33. The number of sulfonamides is 1. The third-order valence-electron chi connectivity index (χ3n) is 2.61. The monoisotopic (exact) mass is 344 g/mol. The van der Waals surface area contributed by atoms with Gasteiger partial charge in [0, 0.05) is 23.4 Å². The molecule has 0 amide bonds. The van der Waals surface area contributed by atoms with Crippen LogP contribution in [0, 0.1) is 6.92 Å². The number of nitrogens with zero attached hydrogens (tertiary/aromatic N) is 2. The van der Waals surface area contributed by atoms with Crippen LogP contribution in [-0.2, 0) is 17.1 Å². The zero-order valence-corrected chi connectivity index (χ0v) is 12.8. The van der Waals surface area contributed by atoms with E-state index in [1.54, 1.807) is 30.7 Å². The van der Waals surface area contributed by atoms with Gasteiger partial charge in [0.25, 0.3) is 10.0 Å². The number of aromatic nitrogens is 2. The maximum Gasteiger partial charge on any atom is 0.280 e. The first kappa shape index (κ1) is 13.9. The summed E-state index contributed by atoms with van der Waals surface area (Å²) in [6, 6.07) is 4.84. The summed E-state index contributed by atoms with van der Waals surface area (Å²) in [5, 5.41) is -0.0195. The van der Waals surface area contributed by atoms with Crippen molar-refractivity contribution >= 4 is 37.3 Å². The van der Waals surface area contributed by atoms with Gasteiger partial charge in [0.2, 0.25) is 0 Å². The minimum absolute atomic E-state index is 0.0195. The maximum atomic E-state index is 12.1. The van der Waals surface area contributed by atoms with Gasteiger partial charge in [0.1, 0.15) is 5.82 Å². The van der Waals surface area contributed by atoms with Crippen LogP contribution in [-0.4, -0.2) is 18.0 Å². The minimum Gasteiger partial charge on any atom is -0.398 e. The van der Waals surface area contributed by atoms with Crippen molar-refractivity contribution in [3.63, 3.8) is 0 Å². The molecule has 0 unspecified atom stereocenters. The topological polar surface area (TPSA) is 90.0 Å². The number of nitrogen functional groups attached to an aromatic ring is 1. The zero-order chi connectivity index (χ0) is 14.2. The van der Waals surface area contributed by atoms with Crippen molar-refractivity contribution in [2.24, 2.45) is 7.05 Å². The Bertz CT molecular complexity index is 705. The number of nitrogens with one attached hydrogen (secondary N) is 1. The third-order valence-corrected chi connectivity index (χ3v) is 4.58. The predicted molar refractivity (Wildman–Crippen MR) is 77.3 cm³/mol. The van der Waals surface area contributed by atoms with Gasteiger partial charge < -0.3 is 10.3 Å². The van der Waals surface area contributed by atoms with Crippen LogP contribution in [0.25, 0.3) is 0 Å². The van der Waals surface area contributed by atoms with E-state index in [9.17, 15) is 8.42 Å². The average Bonchev–Trinajstić information content (AvgIpc) is 2.65. The van der Waals surface area contributed by atoms with Gasteiger partial charge in [-0.15, -0.1) is 0 Å². The summed E-state index contributed by atoms with van der Waals surface area (Å²) in [5.74, 6) is 0.621. The summed E-state index contributed by atoms with van der Waals surface area (Å²) in [6.07, 6.45) is 1.46. The molecule has 2 rings (SSSR count). The van der Waals surface area contributed by atoms with E-state index >= 15 is 0 Å². The Morgan fingerprint density at radius 3 is 2.63 bits per heavy atom. The van der Waals surface area contributed by atoms with Crippen molar-refractivity contribution in [1.29, 1.82) is 0 Å². The average molecular weight is 345 g/mol. The molecule has 1 aromatic heterocycles. The van der Waals surface area contributed by atoms with E-state index in [0.717, 1.165) is 0 Å². The standard InChI is InChI=1S/C11H13BrN4O2S/c1-7-14-11(6-16(7)2)19(17,18)15-8-3-4-9(12)10(13)5-8/h3-6,15H,13H2,1-2H3. The van der Waals surface area contributed by atoms with Crippen LogP contribution in [0.1, 0.15) is 5.82 Å². The number of rotatable bonds is 3. The van der Waals surface area contributed by atoms with Crippen LogP contribution in [0.4, 0.5) is 11.4 Å². The van der Waals surface area contributed by atoms with E-state index in [2.05, 4.69) is 25.6 Å². The van der Waals surface area contributed by atoms with Crippen LogP contribution < -0.4 is 10.5 Å². The van der Waals surface area contributed by atoms with Gasteiger partial charge in [0.05, 0.1) is 5.69 Å². The first-order valence-corrected chi connectivity index (χ1v) is 7.65. The molecule has 0 saturated carbocycles. The van der Waals surface area contributed by atoms with Gasteiger partial charge in [-0.3, -0.25) is 4.72 Å². The summed E-state index contributed by atoms with van der Waals surface area (Å²) in [5.41, 5.74) is 6.55. The van der Waals surface area contributed by atoms with Crippen LogP contribution in [0.3, 0.4) is 0 Å². The molecule has 0 aliphatic heterocycles. The summed E-state index contributed by atoms with van der Waals surface area (Å²) >= 11 is 3.25. The second-order valence-corrected chi connectivity index (χ2v) is 6.56. The van der Waals surface area contributed by atoms with E-state index in [4.69, 9.17) is 5.73 Å². The van der Waals surface area contributed by atoms with Gasteiger partial charge in [0.15, 0.2) is 5.03 Å². The molecule has 1 aromatic carbocycles. The Morgan fingerprint density at radius 1 is 1.42 bits per heavy atom. The second kappa shape index (κ2) is 4.86. The van der Waals surface area contributed by atoms with E-state index in [0.29, 0.717) is 21.7 Å². The van der Waals surface area contributed by atoms with E-state index < -0.39 is 10.0 Å². The second-order valence-electron chi connectivity index (χ2n) is 4.08. The lowest BCUT2D eigenvalue weighted by Gasteiger charge is -2.07. The molecule has 0 saturated heterocycles. The van der Waals surface area contributed by atoms with Gasteiger partial charge >= 0.3 is 0 Å². The predicted octanol–water partition coefficient (Wildman–Crippen LogP) is 1.87. The molecule has 0 aliphatic carbocycles. The van der Waals surface area contributed by atoms with Crippen LogP contribution in [0.2, 0.25) is 0 Å². The highest BCUT2D eigenvalue weighted by atomic mass is 79.9. The van der Waals surface area contributed by atoms with Crippen molar-refractivity contribution in [3.8, 4) is 0 Å². The normalized spacial score (nSPS) is 11.5. The van der Waals surface area contributed by atoms with E-state index in [1.807, 2.05) is 0 Å². The summed E-state index contributed by atoms with van der Waals surface area (Å²) in [7, 11) is -1.96. The fourth-order valence-corrected chi connectivity index (χ4v) is 2.81. The molecule has 1 heterocycles. The lowest BCUT2D eigenvalue weighted by Crippen LogP contribution is -2.13. The summed E-state index contributed by atoms with van der Waals surface area (Å²) in [4.78, 5) is 3.99. The van der Waals surface area contributed by atoms with Crippen LogP contribution in [0.5, 0.6) is 0 Å². The smallest absolute Gasteiger partial charge is 0.280 e. The van der Waals surface area contributed by atoms with Crippen molar-refractivity contribution < 1.29 is 8.42 Å². The number of anilines is 2. The van der Waals surface area contributed by atoms with Gasteiger partial charge in [-0.2, -0.15) is 8.42 Å². The number of imidazole rings is 1. The number of aryl methyl sites for hydroxylation is 2. The molecule has 0 atom stereocenters. The molecular weight excluding hydrogens is 332 g/mol. The van der Waals surface area contributed by atoms with Crippen molar-refractivity contribution in [3.05, 3.63) is 34.7 Å². The van der Waals surface area contributed by atoms with E-state index in [1.165, 1.54) is 12.3 Å². The van der Waals surface area contributed by atoms with Gasteiger partial charge in [-0.25, -0.2) is 4.98 Å². The number of hydrogen-bond acceptors (Lipinski definition) is 4. The van der Waals surface area contributed by atoms with Crippen molar-refractivity contribution in [2.75, 3.05) is 10.5 Å². The molecule has 0 bridgehead atoms. The van der Waals surface area contributed by atoms with E-state index in [-0.39, 0.29) is 5.03 Å². The highest BCUT2D eigenvalue weighted by Gasteiger charge is 2.18. The number of hydrogen-bond donors (Lipinski definition) is 2. The Hall–Kier alpha value is -1.54. The highest BCUT2D eigenvalue weighted by molar-refractivity contribution is 9.10. The quantitative estimate of drug-likeness (QED) is 0.831. The molecule has 3 N–H and O–H groups in total. The van der Waals surface area contributed by atoms with Crippen molar-refractivity contribution in [1.82, 2.24) is 9.55 Å². The highest BCUT2D eigenvalue weighted by Crippen LogP contribution is 2.24. The third kappa shape index (κ3) is 2.90. The molecule has 19 heavy (non-hydrogen) atoms. The first-order chi connectivity index (χ1) is 8.79. The van der Waals surface area contributed by atoms with Gasteiger partial charge in [-0.05, 0) is 41.1 Å². The largest absolute Gasteiger partial charge is 0.398 e. The Kier molecular flexibility index (Phi) is 3.55. The van der Waals surface area contributed by atoms with Crippen molar-refractivity contribution in [2.45, 2.75) is 11.9 Å². The molecule has 0 radical (unpaired) electrons. The Labute approximate surface area is 119 Å². The lowest BCUT2D eigenvalue weighted by atomic mass is 10.3. The summed E-state index contributed by atoms with van der Waals surface area (Å²) < 4.78 is 29.0. The summed E-state index contributed by atoms with van der Waals surface area (Å²) in [6.45, 7) is 1.73. The SMILES string of the molecule is Cc1nc(S(=O)(=O)Nc2ccc(Br)c(N)c2)cn1C. The number of benzene rings is 1. The molecular formula is C11H13BrN4O2S. The van der Waals surface area contributed by atoms with Crippen LogP contribution >= 0.6 is 15.9 Å². The molecule has 6 nitrogen and oxygen atoms in total. The fourth-order valence-electron chi connectivity index (χ4n) is 1.47. The first-order valence-electron chi connectivity index (χ1n) is 5.37. The molecule has 2 aromatic rings. The molecule has 0 fully saturated rings. The molecule has 8 heteroatoms. The lowest BCUT2D eigenvalue weighted by molar-refractivity contribution is 0.598. The minimum atomic E-state index is -3.70. The number of nitrogens with two attached hydrogens (primary N) is 1. The van der Waals surface area contributed by atoms with Gasteiger partial charge in [-0.1, -0.05) is 0 Å². The van der Waals surface area contributed by atoms with Crippen LogP contribution in [0.15, 0.2) is 33.9 Å². The Morgan fingerprint density at radius 2 is 2.11 bits per heavy atom. The number of halogens is 1. The molecule has 0 aliphatic rings. The maximum absolute atomic E-state index is 12.1. The molecule has 0 spiro atoms. The molecule has 102 valence electrons.